The Labute approximate surface area is 195 Å². The van der Waals surface area contributed by atoms with Gasteiger partial charge in [0.25, 0.3) is 5.91 Å². The molecule has 0 aliphatic carbocycles. The van der Waals surface area contributed by atoms with Crippen molar-refractivity contribution in [1.29, 1.82) is 0 Å². The summed E-state index contributed by atoms with van der Waals surface area (Å²) < 4.78 is 0. The lowest BCUT2D eigenvalue weighted by Gasteiger charge is -2.18. The first-order valence-electron chi connectivity index (χ1n) is 10.7. The number of fused-ring (bicyclic) bond motifs is 1. The van der Waals surface area contributed by atoms with E-state index in [9.17, 15) is 14.4 Å². The number of hydrogen-bond donors (Lipinski definition) is 4. The Morgan fingerprint density at radius 1 is 1.03 bits per heavy atom. The van der Waals surface area contributed by atoms with Crippen molar-refractivity contribution in [3.8, 4) is 0 Å². The van der Waals surface area contributed by atoms with Gasteiger partial charge in [-0.15, -0.1) is 0 Å². The van der Waals surface area contributed by atoms with Crippen LogP contribution in [-0.2, 0) is 0 Å². The number of benzene rings is 2. The van der Waals surface area contributed by atoms with Crippen molar-refractivity contribution in [1.82, 2.24) is 15.0 Å². The van der Waals surface area contributed by atoms with Gasteiger partial charge in [0.05, 0.1) is 23.2 Å². The van der Waals surface area contributed by atoms with E-state index < -0.39 is 6.04 Å². The molecule has 0 saturated carbocycles. The van der Waals surface area contributed by atoms with Crippen LogP contribution in [-0.4, -0.2) is 32.7 Å². The minimum Gasteiger partial charge on any atom is -0.363 e. The lowest BCUT2D eigenvalue weighted by Crippen LogP contribution is -2.27. The summed E-state index contributed by atoms with van der Waals surface area (Å²) in [6, 6.07) is 14.7. The topological polar surface area (TPSA) is 143 Å². The van der Waals surface area contributed by atoms with E-state index in [2.05, 4.69) is 25.6 Å². The van der Waals surface area contributed by atoms with E-state index in [4.69, 9.17) is 5.73 Å². The van der Waals surface area contributed by atoms with Crippen LogP contribution in [0.2, 0.25) is 0 Å². The monoisotopic (exact) mass is 456 g/mol. The first-order chi connectivity index (χ1) is 16.3. The van der Waals surface area contributed by atoms with Gasteiger partial charge in [-0.05, 0) is 49.7 Å². The second-order valence-electron chi connectivity index (χ2n) is 7.96. The minimum atomic E-state index is -0.634. The van der Waals surface area contributed by atoms with Gasteiger partial charge in [-0.2, -0.15) is 0 Å². The number of Topliss-reactive ketones (excluding diaryl/α,β-unsaturated/α-hetero) is 1. The predicted octanol–water partition coefficient (Wildman–Crippen LogP) is 3.27. The standard InChI is InChI=1S/C25H24N6O3/c1-14(26)23(33)19-7-4-8-20-22(19)28-13-29-24(20)30-15(2)16-5-3-6-18(11-16)31-25(34)17-9-10-21(32)27-12-17/h3-15H,26H2,1-2H3,(H,27,32)(H,31,34)(H,28,29,30). The molecule has 2 aromatic carbocycles. The number of anilines is 2. The molecular formula is C25H24N6O3. The number of aromatic amines is 1. The van der Waals surface area contributed by atoms with E-state index in [0.717, 1.165) is 5.56 Å². The van der Waals surface area contributed by atoms with Gasteiger partial charge in [0, 0.05) is 28.9 Å². The molecule has 0 saturated heterocycles. The van der Waals surface area contributed by atoms with Crippen molar-refractivity contribution in [2.24, 2.45) is 5.73 Å². The highest BCUT2D eigenvalue weighted by Crippen LogP contribution is 2.27. The minimum absolute atomic E-state index is 0.171. The Morgan fingerprint density at radius 3 is 2.56 bits per heavy atom. The molecule has 4 aromatic rings. The van der Waals surface area contributed by atoms with E-state index in [0.29, 0.717) is 33.5 Å². The van der Waals surface area contributed by atoms with Gasteiger partial charge in [0.1, 0.15) is 12.1 Å². The van der Waals surface area contributed by atoms with Crippen molar-refractivity contribution in [2.45, 2.75) is 25.9 Å². The third-order valence-electron chi connectivity index (χ3n) is 5.39. The summed E-state index contributed by atoms with van der Waals surface area (Å²) in [5, 5.41) is 6.91. The van der Waals surface area contributed by atoms with Gasteiger partial charge in [-0.1, -0.05) is 18.2 Å². The van der Waals surface area contributed by atoms with Gasteiger partial charge in [-0.25, -0.2) is 9.97 Å². The summed E-state index contributed by atoms with van der Waals surface area (Å²) in [5.41, 5.74) is 8.38. The molecule has 2 atom stereocenters. The van der Waals surface area contributed by atoms with Crippen LogP contribution >= 0.6 is 0 Å². The van der Waals surface area contributed by atoms with E-state index >= 15 is 0 Å². The summed E-state index contributed by atoms with van der Waals surface area (Å²) in [4.78, 5) is 47.4. The molecule has 0 aliphatic heterocycles. The first-order valence-corrected chi connectivity index (χ1v) is 10.7. The number of ketones is 1. The fourth-order valence-electron chi connectivity index (χ4n) is 3.58. The van der Waals surface area contributed by atoms with Crippen LogP contribution in [0, 0.1) is 0 Å². The molecular weight excluding hydrogens is 432 g/mol. The van der Waals surface area contributed by atoms with Gasteiger partial charge in [0.2, 0.25) is 5.56 Å². The molecule has 0 radical (unpaired) electrons. The number of H-pyrrole nitrogens is 1. The van der Waals surface area contributed by atoms with E-state index in [1.165, 1.54) is 24.7 Å². The number of rotatable bonds is 7. The second kappa shape index (κ2) is 9.63. The molecule has 9 heteroatoms. The van der Waals surface area contributed by atoms with Crippen LogP contribution in [0.1, 0.15) is 46.2 Å². The van der Waals surface area contributed by atoms with E-state index in [1.54, 1.807) is 25.1 Å². The predicted molar refractivity (Wildman–Crippen MR) is 131 cm³/mol. The van der Waals surface area contributed by atoms with E-state index in [-0.39, 0.29) is 23.3 Å². The van der Waals surface area contributed by atoms with Gasteiger partial charge in [-0.3, -0.25) is 14.4 Å². The molecule has 0 bridgehead atoms. The number of nitrogens with one attached hydrogen (secondary N) is 3. The van der Waals surface area contributed by atoms with Gasteiger partial charge < -0.3 is 21.4 Å². The average Bonchev–Trinajstić information content (AvgIpc) is 2.84. The lowest BCUT2D eigenvalue weighted by atomic mass is 10.0. The highest BCUT2D eigenvalue weighted by molar-refractivity contribution is 6.10. The molecule has 172 valence electrons. The third-order valence-corrected chi connectivity index (χ3v) is 5.39. The van der Waals surface area contributed by atoms with Crippen LogP contribution in [0.25, 0.3) is 10.9 Å². The molecule has 1 amide bonds. The summed E-state index contributed by atoms with van der Waals surface area (Å²) in [5.74, 6) is 0.0656. The molecule has 0 fully saturated rings. The quantitative estimate of drug-likeness (QED) is 0.313. The van der Waals surface area contributed by atoms with Crippen LogP contribution < -0.4 is 21.9 Å². The zero-order chi connectivity index (χ0) is 24.2. The maximum Gasteiger partial charge on any atom is 0.257 e. The maximum atomic E-state index is 12.5. The molecule has 34 heavy (non-hydrogen) atoms. The fraction of sp³-hybridized carbons (Fsp3) is 0.160. The maximum absolute atomic E-state index is 12.5. The Morgan fingerprint density at radius 2 is 1.82 bits per heavy atom. The number of nitrogens with two attached hydrogens (primary N) is 1. The second-order valence-corrected chi connectivity index (χ2v) is 7.96. The highest BCUT2D eigenvalue weighted by atomic mass is 16.2. The summed E-state index contributed by atoms with van der Waals surface area (Å²) in [6.07, 6.45) is 2.78. The normalized spacial score (nSPS) is 12.7. The Bertz CT molecular complexity index is 1410. The number of pyridine rings is 1. The van der Waals surface area contributed by atoms with Gasteiger partial charge >= 0.3 is 0 Å². The van der Waals surface area contributed by atoms with Crippen molar-refractivity contribution in [2.75, 3.05) is 10.6 Å². The number of amides is 1. The Hall–Kier alpha value is -4.37. The summed E-state index contributed by atoms with van der Waals surface area (Å²) >= 11 is 0. The summed E-state index contributed by atoms with van der Waals surface area (Å²) in [7, 11) is 0. The SMILES string of the molecule is CC(N)C(=O)c1cccc2c(NC(C)c3cccc(NC(=O)c4ccc(=O)[nH]c4)c3)ncnc12. The zero-order valence-corrected chi connectivity index (χ0v) is 18.7. The molecule has 0 spiro atoms. The molecule has 9 nitrogen and oxygen atoms in total. The van der Waals surface area contributed by atoms with Crippen LogP contribution in [0.4, 0.5) is 11.5 Å². The summed E-state index contributed by atoms with van der Waals surface area (Å²) in [6.45, 7) is 3.61. The van der Waals surface area contributed by atoms with Crippen LogP contribution in [0.3, 0.4) is 0 Å². The molecule has 5 N–H and O–H groups in total. The van der Waals surface area contributed by atoms with Crippen molar-refractivity contribution in [3.63, 3.8) is 0 Å². The smallest absolute Gasteiger partial charge is 0.257 e. The highest BCUT2D eigenvalue weighted by Gasteiger charge is 2.17. The Kier molecular flexibility index (Phi) is 6.46. The first kappa shape index (κ1) is 22.8. The molecule has 2 unspecified atom stereocenters. The number of nitrogens with zero attached hydrogens (tertiary/aromatic N) is 2. The van der Waals surface area contributed by atoms with E-state index in [1.807, 2.05) is 31.2 Å². The fourth-order valence-corrected chi connectivity index (χ4v) is 3.58. The van der Waals surface area contributed by atoms with Gasteiger partial charge in [0.15, 0.2) is 5.78 Å². The molecule has 2 heterocycles. The number of carbonyl (C=O) groups excluding carboxylic acids is 2. The number of para-hydroxylation sites is 1. The zero-order valence-electron chi connectivity index (χ0n) is 18.7. The van der Waals surface area contributed by atoms with Crippen molar-refractivity contribution < 1.29 is 9.59 Å². The van der Waals surface area contributed by atoms with Crippen LogP contribution in [0.15, 0.2) is 71.9 Å². The molecule has 0 aliphatic rings. The number of carbonyl (C=O) groups is 2. The third kappa shape index (κ3) is 4.84. The lowest BCUT2D eigenvalue weighted by molar-refractivity contribution is 0.0968. The molecule has 4 rings (SSSR count). The van der Waals surface area contributed by atoms with Crippen molar-refractivity contribution in [3.05, 3.63) is 94.2 Å². The number of aromatic nitrogens is 3. The Balaban J connectivity index is 1.56. The molecule has 2 aromatic heterocycles. The van der Waals surface area contributed by atoms with Crippen molar-refractivity contribution >= 4 is 34.1 Å². The van der Waals surface area contributed by atoms with Crippen LogP contribution in [0.5, 0.6) is 0 Å². The number of hydrogen-bond acceptors (Lipinski definition) is 7. The average molecular weight is 457 g/mol. The largest absolute Gasteiger partial charge is 0.363 e.